The molecule has 0 aromatic carbocycles. The number of aliphatic hydroxyl groups is 1. The maximum absolute atomic E-state index is 12.1. The molecule has 1 rings (SSSR count). The average molecular weight is 323 g/mol. The number of carboxylic acids is 1. The summed E-state index contributed by atoms with van der Waals surface area (Å²) in [5.41, 5.74) is -1.05. The van der Waals surface area contributed by atoms with E-state index in [9.17, 15) is 14.7 Å². The monoisotopic (exact) mass is 323 g/mol. The number of carbonyl (C=O) groups is 2. The van der Waals surface area contributed by atoms with Crippen molar-refractivity contribution in [3.63, 3.8) is 0 Å². The molecule has 0 saturated carbocycles. The van der Waals surface area contributed by atoms with Gasteiger partial charge in [0, 0.05) is 11.3 Å². The molecular formula is C14H17N3O4S. The van der Waals surface area contributed by atoms with Gasteiger partial charge in [-0.1, -0.05) is 0 Å². The highest BCUT2D eigenvalue weighted by molar-refractivity contribution is 7.98. The molecule has 0 aliphatic rings. The number of nitriles is 1. The number of carboxylic acid groups (broad SMARTS) is 1. The Hall–Kier alpha value is -2.11. The Kier molecular flexibility index (Phi) is 6.34. The van der Waals surface area contributed by atoms with E-state index in [1.807, 2.05) is 6.07 Å². The highest BCUT2D eigenvalue weighted by Gasteiger charge is 2.30. The van der Waals surface area contributed by atoms with E-state index in [1.165, 1.54) is 24.9 Å². The lowest BCUT2D eigenvalue weighted by molar-refractivity contribution is -0.138. The minimum absolute atomic E-state index is 0.0320. The molecule has 0 fully saturated rings. The fraction of sp³-hybridized carbons (Fsp3) is 0.429. The van der Waals surface area contributed by atoms with Crippen LogP contribution in [0.2, 0.25) is 0 Å². The van der Waals surface area contributed by atoms with Crippen molar-refractivity contribution in [3.8, 4) is 6.07 Å². The zero-order valence-corrected chi connectivity index (χ0v) is 13.1. The van der Waals surface area contributed by atoms with E-state index in [-0.39, 0.29) is 25.0 Å². The van der Waals surface area contributed by atoms with Gasteiger partial charge >= 0.3 is 5.97 Å². The van der Waals surface area contributed by atoms with Gasteiger partial charge in [-0.05, 0) is 32.1 Å². The molecule has 8 heteroatoms. The standard InChI is InChI=1S/C14H17N3O4S/c1-14(21,5-3-4-12(18)19)13(20)17-9-6-11(22-2)10(7-15)16-8-9/h6,8,21H,3-5H2,1-2H3,(H,17,20)(H,18,19)/t14-/m1/s1. The molecule has 1 aromatic heterocycles. The number of thioether (sulfide) groups is 1. The molecule has 0 bridgehead atoms. The first-order chi connectivity index (χ1) is 10.3. The summed E-state index contributed by atoms with van der Waals surface area (Å²) in [6, 6.07) is 3.54. The number of nitrogens with zero attached hydrogens (tertiary/aromatic N) is 2. The molecule has 0 unspecified atom stereocenters. The van der Waals surface area contributed by atoms with Gasteiger partial charge < -0.3 is 15.5 Å². The number of aliphatic carboxylic acids is 1. The number of amides is 1. The summed E-state index contributed by atoms with van der Waals surface area (Å²) < 4.78 is 0. The third-order valence-corrected chi connectivity index (χ3v) is 3.73. The predicted octanol–water partition coefficient (Wildman–Crippen LogP) is 1.62. The van der Waals surface area contributed by atoms with E-state index in [0.29, 0.717) is 10.6 Å². The summed E-state index contributed by atoms with van der Waals surface area (Å²) in [6.45, 7) is 1.33. The molecular weight excluding hydrogens is 306 g/mol. The maximum Gasteiger partial charge on any atom is 0.303 e. The van der Waals surface area contributed by atoms with Gasteiger partial charge in [0.15, 0.2) is 5.69 Å². The Morgan fingerprint density at radius 3 is 2.77 bits per heavy atom. The molecule has 1 amide bonds. The van der Waals surface area contributed by atoms with Crippen LogP contribution in [-0.2, 0) is 9.59 Å². The molecule has 0 aliphatic carbocycles. The fourth-order valence-corrected chi connectivity index (χ4v) is 2.25. The second-order valence-corrected chi connectivity index (χ2v) is 5.71. The lowest BCUT2D eigenvalue weighted by atomic mass is 9.98. The minimum atomic E-state index is -1.68. The van der Waals surface area contributed by atoms with Crippen LogP contribution in [0, 0.1) is 11.3 Å². The van der Waals surface area contributed by atoms with Crippen molar-refractivity contribution in [3.05, 3.63) is 18.0 Å². The number of anilines is 1. The molecule has 118 valence electrons. The van der Waals surface area contributed by atoms with E-state index in [2.05, 4.69) is 10.3 Å². The Morgan fingerprint density at radius 1 is 1.55 bits per heavy atom. The Labute approximate surface area is 132 Å². The Balaban J connectivity index is 2.75. The van der Waals surface area contributed by atoms with Crippen molar-refractivity contribution in [2.24, 2.45) is 0 Å². The van der Waals surface area contributed by atoms with Gasteiger partial charge in [0.2, 0.25) is 0 Å². The molecule has 22 heavy (non-hydrogen) atoms. The van der Waals surface area contributed by atoms with Gasteiger partial charge in [0.05, 0.1) is 11.9 Å². The molecule has 0 aliphatic heterocycles. The van der Waals surface area contributed by atoms with Crippen LogP contribution in [0.3, 0.4) is 0 Å². The first-order valence-corrected chi connectivity index (χ1v) is 7.72. The van der Waals surface area contributed by atoms with E-state index in [0.717, 1.165) is 0 Å². The van der Waals surface area contributed by atoms with Gasteiger partial charge in [0.25, 0.3) is 5.91 Å². The minimum Gasteiger partial charge on any atom is -0.481 e. The topological polar surface area (TPSA) is 123 Å². The van der Waals surface area contributed by atoms with Crippen molar-refractivity contribution in [2.45, 2.75) is 36.7 Å². The number of hydrogen-bond donors (Lipinski definition) is 3. The number of hydrogen-bond acceptors (Lipinski definition) is 6. The number of rotatable bonds is 7. The largest absolute Gasteiger partial charge is 0.481 e. The highest BCUT2D eigenvalue weighted by Crippen LogP contribution is 2.23. The van der Waals surface area contributed by atoms with Crippen LogP contribution in [0.1, 0.15) is 31.9 Å². The zero-order chi connectivity index (χ0) is 16.8. The van der Waals surface area contributed by atoms with Crippen LogP contribution in [0.4, 0.5) is 5.69 Å². The lowest BCUT2D eigenvalue weighted by Gasteiger charge is -2.22. The van der Waals surface area contributed by atoms with Crippen molar-refractivity contribution < 1.29 is 19.8 Å². The van der Waals surface area contributed by atoms with E-state index >= 15 is 0 Å². The lowest BCUT2D eigenvalue weighted by Crippen LogP contribution is -2.40. The molecule has 1 atom stereocenters. The van der Waals surface area contributed by atoms with Crippen molar-refractivity contribution >= 4 is 29.3 Å². The number of aromatic nitrogens is 1. The smallest absolute Gasteiger partial charge is 0.303 e. The second kappa shape index (κ2) is 7.77. The Bertz CT molecular complexity index is 611. The van der Waals surface area contributed by atoms with Crippen LogP contribution in [0.5, 0.6) is 0 Å². The molecule has 7 nitrogen and oxygen atoms in total. The normalized spacial score (nSPS) is 13.0. The molecule has 0 radical (unpaired) electrons. The van der Waals surface area contributed by atoms with Gasteiger partial charge in [-0.15, -0.1) is 11.8 Å². The first kappa shape index (κ1) is 17.9. The van der Waals surface area contributed by atoms with Gasteiger partial charge in [-0.25, -0.2) is 4.98 Å². The summed E-state index contributed by atoms with van der Waals surface area (Å²) in [4.78, 5) is 27.1. The molecule has 3 N–H and O–H groups in total. The van der Waals surface area contributed by atoms with Crippen LogP contribution >= 0.6 is 11.8 Å². The van der Waals surface area contributed by atoms with Crippen LogP contribution in [-0.4, -0.2) is 38.9 Å². The second-order valence-electron chi connectivity index (χ2n) is 4.86. The third kappa shape index (κ3) is 5.02. The zero-order valence-electron chi connectivity index (χ0n) is 12.3. The van der Waals surface area contributed by atoms with Crippen molar-refractivity contribution in [1.29, 1.82) is 5.26 Å². The van der Waals surface area contributed by atoms with Crippen molar-refractivity contribution in [1.82, 2.24) is 4.98 Å². The molecule has 1 aromatic rings. The summed E-state index contributed by atoms with van der Waals surface area (Å²) in [5, 5.41) is 30.1. The number of carbonyl (C=O) groups excluding carboxylic acids is 1. The van der Waals surface area contributed by atoms with Gasteiger partial charge in [-0.3, -0.25) is 9.59 Å². The molecule has 1 heterocycles. The summed E-state index contributed by atoms with van der Waals surface area (Å²) in [5.74, 6) is -1.62. The number of nitrogens with one attached hydrogen (secondary N) is 1. The predicted molar refractivity (Wildman–Crippen MR) is 81.5 cm³/mol. The highest BCUT2D eigenvalue weighted by atomic mass is 32.2. The van der Waals surface area contributed by atoms with Crippen LogP contribution in [0.15, 0.2) is 17.2 Å². The van der Waals surface area contributed by atoms with E-state index in [1.54, 1.807) is 12.3 Å². The van der Waals surface area contributed by atoms with Gasteiger partial charge in [0.1, 0.15) is 11.7 Å². The molecule has 0 saturated heterocycles. The van der Waals surface area contributed by atoms with E-state index < -0.39 is 17.5 Å². The van der Waals surface area contributed by atoms with Crippen LogP contribution < -0.4 is 5.32 Å². The summed E-state index contributed by atoms with van der Waals surface area (Å²) in [6.07, 6.45) is 3.23. The Morgan fingerprint density at radius 2 is 2.23 bits per heavy atom. The quantitative estimate of drug-likeness (QED) is 0.651. The van der Waals surface area contributed by atoms with E-state index in [4.69, 9.17) is 10.4 Å². The maximum atomic E-state index is 12.1. The first-order valence-electron chi connectivity index (χ1n) is 6.50. The average Bonchev–Trinajstić information content (AvgIpc) is 2.46. The van der Waals surface area contributed by atoms with Crippen molar-refractivity contribution in [2.75, 3.05) is 11.6 Å². The van der Waals surface area contributed by atoms with Crippen LogP contribution in [0.25, 0.3) is 0 Å². The van der Waals surface area contributed by atoms with Gasteiger partial charge in [-0.2, -0.15) is 5.26 Å². The summed E-state index contributed by atoms with van der Waals surface area (Å²) >= 11 is 1.32. The third-order valence-electron chi connectivity index (χ3n) is 2.98. The molecule has 0 spiro atoms. The summed E-state index contributed by atoms with van der Waals surface area (Å²) in [7, 11) is 0. The fourth-order valence-electron chi connectivity index (χ4n) is 1.72. The number of pyridine rings is 1. The SMILES string of the molecule is CSc1cc(NC(=O)[C@](C)(O)CCCC(=O)O)cnc1C#N.